The zero-order chi connectivity index (χ0) is 23.6. The van der Waals surface area contributed by atoms with Gasteiger partial charge in [-0.05, 0) is 56.0 Å². The molecule has 0 aromatic heterocycles. The SMILES string of the molecule is CCc1ccc(C(=O)NNC(=O)CCCN2C(=O)c3ccccc3N3C(=O)CCC23C)cc1. The number of para-hydroxylation sites is 1. The van der Waals surface area contributed by atoms with Crippen LogP contribution in [0.5, 0.6) is 0 Å². The van der Waals surface area contributed by atoms with Gasteiger partial charge in [0, 0.05) is 24.9 Å². The summed E-state index contributed by atoms with van der Waals surface area (Å²) in [6.07, 6.45) is 2.34. The lowest BCUT2D eigenvalue weighted by atomic mass is 9.98. The lowest BCUT2D eigenvalue weighted by Crippen LogP contribution is -2.62. The highest BCUT2D eigenvalue weighted by molar-refractivity contribution is 6.10. The largest absolute Gasteiger partial charge is 0.315 e. The van der Waals surface area contributed by atoms with Gasteiger partial charge in [-0.15, -0.1) is 0 Å². The first-order valence-electron chi connectivity index (χ1n) is 11.3. The van der Waals surface area contributed by atoms with Gasteiger partial charge in [0.15, 0.2) is 0 Å². The first-order valence-corrected chi connectivity index (χ1v) is 11.3. The Labute approximate surface area is 192 Å². The molecule has 172 valence electrons. The van der Waals surface area contributed by atoms with E-state index >= 15 is 0 Å². The summed E-state index contributed by atoms with van der Waals surface area (Å²) in [6, 6.07) is 14.3. The van der Waals surface area contributed by atoms with Crippen LogP contribution in [0.1, 0.15) is 65.8 Å². The number of carbonyl (C=O) groups excluding carboxylic acids is 4. The Morgan fingerprint density at radius 1 is 1.03 bits per heavy atom. The summed E-state index contributed by atoms with van der Waals surface area (Å²) >= 11 is 0. The molecule has 0 spiro atoms. The molecule has 0 bridgehead atoms. The van der Waals surface area contributed by atoms with Crippen molar-refractivity contribution in [2.45, 2.75) is 51.6 Å². The molecule has 2 aliphatic heterocycles. The number of benzene rings is 2. The van der Waals surface area contributed by atoms with E-state index in [-0.39, 0.29) is 30.0 Å². The average Bonchev–Trinajstić information content (AvgIpc) is 3.14. The van der Waals surface area contributed by atoms with Crippen molar-refractivity contribution in [1.82, 2.24) is 15.8 Å². The summed E-state index contributed by atoms with van der Waals surface area (Å²) in [6.45, 7) is 4.26. The number of aryl methyl sites for hydroxylation is 1. The minimum atomic E-state index is -0.738. The van der Waals surface area contributed by atoms with E-state index < -0.39 is 5.66 Å². The highest BCUT2D eigenvalue weighted by Gasteiger charge is 2.52. The maximum absolute atomic E-state index is 13.2. The predicted molar refractivity (Wildman–Crippen MR) is 123 cm³/mol. The zero-order valence-electron chi connectivity index (χ0n) is 18.9. The van der Waals surface area contributed by atoms with E-state index in [1.165, 1.54) is 0 Å². The van der Waals surface area contributed by atoms with Crippen LogP contribution in [0.25, 0.3) is 0 Å². The summed E-state index contributed by atoms with van der Waals surface area (Å²) in [5.41, 5.74) is 6.85. The third-order valence-corrected chi connectivity index (χ3v) is 6.47. The molecule has 1 unspecified atom stereocenters. The van der Waals surface area contributed by atoms with E-state index in [2.05, 4.69) is 10.9 Å². The summed E-state index contributed by atoms with van der Waals surface area (Å²) in [5.74, 6) is -0.873. The summed E-state index contributed by atoms with van der Waals surface area (Å²) in [5, 5.41) is 0. The van der Waals surface area contributed by atoms with Gasteiger partial charge in [-0.25, -0.2) is 0 Å². The molecule has 1 fully saturated rings. The number of nitrogens with zero attached hydrogens (tertiary/aromatic N) is 2. The molecule has 8 nitrogen and oxygen atoms in total. The molecular formula is C25H28N4O4. The highest BCUT2D eigenvalue weighted by Crippen LogP contribution is 2.43. The molecule has 0 aliphatic carbocycles. The monoisotopic (exact) mass is 448 g/mol. The van der Waals surface area contributed by atoms with Crippen LogP contribution in [0.4, 0.5) is 5.69 Å². The van der Waals surface area contributed by atoms with Crippen molar-refractivity contribution < 1.29 is 19.2 Å². The minimum Gasteiger partial charge on any atom is -0.315 e. The van der Waals surface area contributed by atoms with Crippen LogP contribution >= 0.6 is 0 Å². The smallest absolute Gasteiger partial charge is 0.269 e. The van der Waals surface area contributed by atoms with Crippen molar-refractivity contribution in [2.24, 2.45) is 0 Å². The first kappa shape index (κ1) is 22.5. The van der Waals surface area contributed by atoms with Crippen molar-refractivity contribution in [2.75, 3.05) is 11.4 Å². The molecule has 0 radical (unpaired) electrons. The zero-order valence-corrected chi connectivity index (χ0v) is 18.9. The number of hydrazine groups is 1. The molecule has 2 heterocycles. The van der Waals surface area contributed by atoms with E-state index in [1.807, 2.05) is 32.0 Å². The van der Waals surface area contributed by atoms with Gasteiger partial charge in [0.1, 0.15) is 5.66 Å². The Kier molecular flexibility index (Phi) is 6.18. The van der Waals surface area contributed by atoms with Gasteiger partial charge in [0.25, 0.3) is 11.8 Å². The van der Waals surface area contributed by atoms with Gasteiger partial charge in [0.2, 0.25) is 11.8 Å². The number of rotatable bonds is 6. The fraction of sp³-hybridized carbons (Fsp3) is 0.360. The molecule has 33 heavy (non-hydrogen) atoms. The van der Waals surface area contributed by atoms with Gasteiger partial charge < -0.3 is 4.90 Å². The molecule has 8 heteroatoms. The van der Waals surface area contributed by atoms with Crippen LogP contribution in [0.3, 0.4) is 0 Å². The molecule has 1 atom stereocenters. The predicted octanol–water partition coefficient (Wildman–Crippen LogP) is 2.79. The fourth-order valence-electron chi connectivity index (χ4n) is 4.59. The Hall–Kier alpha value is -3.68. The van der Waals surface area contributed by atoms with Gasteiger partial charge in [0.05, 0.1) is 11.3 Å². The number of hydrogen-bond donors (Lipinski definition) is 2. The number of amides is 4. The van der Waals surface area contributed by atoms with Crippen LogP contribution in [-0.2, 0) is 16.0 Å². The number of hydrogen-bond acceptors (Lipinski definition) is 4. The van der Waals surface area contributed by atoms with Crippen molar-refractivity contribution in [3.63, 3.8) is 0 Å². The highest BCUT2D eigenvalue weighted by atomic mass is 16.2. The van der Waals surface area contributed by atoms with Crippen LogP contribution in [0.2, 0.25) is 0 Å². The van der Waals surface area contributed by atoms with Crippen LogP contribution < -0.4 is 15.8 Å². The third-order valence-electron chi connectivity index (χ3n) is 6.47. The van der Waals surface area contributed by atoms with Gasteiger partial charge in [-0.3, -0.25) is 34.9 Å². The molecule has 2 aromatic rings. The normalized spacial score (nSPS) is 19.2. The number of anilines is 1. The number of fused-ring (bicyclic) bond motifs is 3. The maximum atomic E-state index is 13.2. The van der Waals surface area contributed by atoms with E-state index in [9.17, 15) is 19.2 Å². The summed E-state index contributed by atoms with van der Waals surface area (Å²) in [4.78, 5) is 53.7. The second-order valence-electron chi connectivity index (χ2n) is 8.58. The fourth-order valence-corrected chi connectivity index (χ4v) is 4.59. The van der Waals surface area contributed by atoms with E-state index in [1.54, 1.807) is 40.1 Å². The van der Waals surface area contributed by atoms with Crippen molar-refractivity contribution in [3.05, 3.63) is 65.2 Å². The average molecular weight is 449 g/mol. The Balaban J connectivity index is 1.34. The second-order valence-corrected chi connectivity index (χ2v) is 8.58. The van der Waals surface area contributed by atoms with Gasteiger partial charge in [-0.1, -0.05) is 31.2 Å². The van der Waals surface area contributed by atoms with Gasteiger partial charge in [-0.2, -0.15) is 0 Å². The van der Waals surface area contributed by atoms with Crippen LogP contribution in [-0.4, -0.2) is 40.7 Å². The number of carbonyl (C=O) groups is 4. The lowest BCUT2D eigenvalue weighted by Gasteiger charge is -2.48. The van der Waals surface area contributed by atoms with Gasteiger partial charge >= 0.3 is 0 Å². The van der Waals surface area contributed by atoms with Crippen molar-refractivity contribution in [3.8, 4) is 0 Å². The second kappa shape index (κ2) is 9.05. The van der Waals surface area contributed by atoms with E-state index in [4.69, 9.17) is 0 Å². The molecule has 1 saturated heterocycles. The standard InChI is InChI=1S/C25H28N4O4/c1-3-17-10-12-18(13-11-17)23(32)27-26-21(30)9-6-16-28-24(33)19-7-4-5-8-20(19)29-22(31)14-15-25(28,29)2/h4-5,7-8,10-13H,3,6,9,14-16H2,1-2H3,(H,26,30)(H,27,32). The Morgan fingerprint density at radius 2 is 1.76 bits per heavy atom. The summed E-state index contributed by atoms with van der Waals surface area (Å²) in [7, 11) is 0. The van der Waals surface area contributed by atoms with Crippen LogP contribution in [0, 0.1) is 0 Å². The topological polar surface area (TPSA) is 98.8 Å². The third kappa shape index (κ3) is 4.20. The van der Waals surface area contributed by atoms with Crippen LogP contribution in [0.15, 0.2) is 48.5 Å². The molecule has 2 aliphatic rings. The van der Waals surface area contributed by atoms with Crippen molar-refractivity contribution in [1.29, 1.82) is 0 Å². The molecule has 2 aromatic carbocycles. The first-order chi connectivity index (χ1) is 15.8. The quantitative estimate of drug-likeness (QED) is 0.664. The van der Waals surface area contributed by atoms with Crippen molar-refractivity contribution >= 4 is 29.3 Å². The Bertz CT molecular complexity index is 1100. The summed E-state index contributed by atoms with van der Waals surface area (Å²) < 4.78 is 0. The molecule has 2 N–H and O–H groups in total. The molecule has 4 amide bonds. The van der Waals surface area contributed by atoms with E-state index in [0.29, 0.717) is 42.6 Å². The lowest BCUT2D eigenvalue weighted by molar-refractivity contribution is -0.122. The van der Waals surface area contributed by atoms with E-state index in [0.717, 1.165) is 12.0 Å². The number of nitrogens with one attached hydrogen (secondary N) is 2. The Morgan fingerprint density at radius 3 is 2.48 bits per heavy atom. The minimum absolute atomic E-state index is 0.00475. The molecular weight excluding hydrogens is 420 g/mol. The maximum Gasteiger partial charge on any atom is 0.269 e. The molecule has 4 rings (SSSR count). The molecule has 0 saturated carbocycles.